The van der Waals surface area contributed by atoms with Gasteiger partial charge in [-0.2, -0.15) is 0 Å². The van der Waals surface area contributed by atoms with Gasteiger partial charge in [-0.05, 0) is 53.0 Å². The fourth-order valence-electron chi connectivity index (χ4n) is 3.21. The van der Waals surface area contributed by atoms with Crippen molar-refractivity contribution in [2.45, 2.75) is 52.1 Å². The Bertz CT molecular complexity index is 321. The molecule has 0 spiro atoms. The summed E-state index contributed by atoms with van der Waals surface area (Å²) < 4.78 is 10.5. The molecule has 1 heterocycles. The molecule has 124 valence electrons. The second-order valence-corrected chi connectivity index (χ2v) is 6.55. The van der Waals surface area contributed by atoms with Crippen LogP contribution >= 0.6 is 0 Å². The molecule has 2 atom stereocenters. The summed E-state index contributed by atoms with van der Waals surface area (Å²) in [5.41, 5.74) is -0.654. The van der Waals surface area contributed by atoms with Crippen LogP contribution in [0.2, 0.25) is 0 Å². The number of carbonyl (C=O) groups excluding carboxylic acids is 1. The lowest BCUT2D eigenvalue weighted by Gasteiger charge is -2.39. The molecule has 21 heavy (non-hydrogen) atoms. The van der Waals surface area contributed by atoms with E-state index in [1.54, 1.807) is 7.11 Å². The molecule has 0 amide bonds. The number of nitrogens with zero attached hydrogens (tertiary/aromatic N) is 1. The first kappa shape index (κ1) is 18.4. The predicted molar refractivity (Wildman–Crippen MR) is 84.3 cm³/mol. The first-order valence-electron chi connectivity index (χ1n) is 8.07. The van der Waals surface area contributed by atoms with Gasteiger partial charge in [0, 0.05) is 26.2 Å². The lowest BCUT2D eigenvalue weighted by molar-refractivity contribution is -0.152. The molecule has 1 aliphatic rings. The van der Waals surface area contributed by atoms with Crippen LogP contribution in [0.5, 0.6) is 0 Å². The average Bonchev–Trinajstić information content (AvgIpc) is 2.38. The molecular weight excluding hydrogens is 268 g/mol. The Morgan fingerprint density at radius 2 is 2.19 bits per heavy atom. The average molecular weight is 300 g/mol. The molecule has 0 aromatic rings. The van der Waals surface area contributed by atoms with Crippen molar-refractivity contribution in [2.24, 2.45) is 5.92 Å². The van der Waals surface area contributed by atoms with Crippen molar-refractivity contribution in [3.8, 4) is 0 Å². The van der Waals surface area contributed by atoms with E-state index < -0.39 is 5.54 Å². The van der Waals surface area contributed by atoms with Gasteiger partial charge in [-0.25, -0.2) is 0 Å². The van der Waals surface area contributed by atoms with Crippen molar-refractivity contribution in [3.63, 3.8) is 0 Å². The molecule has 0 aromatic heterocycles. The fourth-order valence-corrected chi connectivity index (χ4v) is 3.21. The molecule has 1 N–H and O–H groups in total. The molecule has 1 rings (SSSR count). The largest absolute Gasteiger partial charge is 0.465 e. The second kappa shape index (κ2) is 8.71. The number of hydrogen-bond donors (Lipinski definition) is 1. The second-order valence-electron chi connectivity index (χ2n) is 6.55. The highest BCUT2D eigenvalue weighted by Gasteiger charge is 2.38. The third kappa shape index (κ3) is 5.93. The summed E-state index contributed by atoms with van der Waals surface area (Å²) in [7, 11) is 1.75. The molecule has 1 fully saturated rings. The molecule has 1 aliphatic heterocycles. The number of methoxy groups -OCH3 is 1. The van der Waals surface area contributed by atoms with E-state index in [0.29, 0.717) is 19.1 Å². The molecule has 5 nitrogen and oxygen atoms in total. The zero-order valence-corrected chi connectivity index (χ0v) is 14.3. The van der Waals surface area contributed by atoms with Crippen molar-refractivity contribution in [3.05, 3.63) is 0 Å². The van der Waals surface area contributed by atoms with Crippen molar-refractivity contribution >= 4 is 5.97 Å². The van der Waals surface area contributed by atoms with Crippen molar-refractivity contribution in [1.29, 1.82) is 0 Å². The quantitative estimate of drug-likeness (QED) is 0.691. The van der Waals surface area contributed by atoms with Crippen molar-refractivity contribution in [1.82, 2.24) is 10.2 Å². The minimum atomic E-state index is -0.654. The molecule has 0 bridgehead atoms. The first-order valence-corrected chi connectivity index (χ1v) is 8.07. The number of nitrogens with one attached hydrogen (secondary N) is 1. The Hall–Kier alpha value is -0.650. The van der Waals surface area contributed by atoms with Gasteiger partial charge in [-0.15, -0.1) is 0 Å². The Balaban J connectivity index is 2.68. The van der Waals surface area contributed by atoms with Crippen LogP contribution in [-0.2, 0) is 14.3 Å². The highest BCUT2D eigenvalue weighted by atomic mass is 16.5. The minimum absolute atomic E-state index is 0.160. The molecular formula is C16H32N2O3. The minimum Gasteiger partial charge on any atom is -0.465 e. The number of hydrogen-bond acceptors (Lipinski definition) is 5. The number of rotatable bonds is 8. The zero-order chi connectivity index (χ0) is 15.9. The molecule has 5 heteroatoms. The summed E-state index contributed by atoms with van der Waals surface area (Å²) in [6.07, 6.45) is 2.37. The first-order chi connectivity index (χ1) is 9.91. The number of esters is 1. The third-order valence-electron chi connectivity index (χ3n) is 3.88. The van der Waals surface area contributed by atoms with Gasteiger partial charge >= 0.3 is 5.97 Å². The zero-order valence-electron chi connectivity index (χ0n) is 14.3. The molecule has 1 saturated heterocycles. The van der Waals surface area contributed by atoms with Gasteiger partial charge in [0.1, 0.15) is 5.54 Å². The van der Waals surface area contributed by atoms with Crippen LogP contribution in [0.3, 0.4) is 0 Å². The van der Waals surface area contributed by atoms with Crippen LogP contribution in [0.4, 0.5) is 0 Å². The van der Waals surface area contributed by atoms with Crippen LogP contribution < -0.4 is 5.32 Å². The summed E-state index contributed by atoms with van der Waals surface area (Å²) in [6, 6.07) is 0.235. The monoisotopic (exact) mass is 300 g/mol. The van der Waals surface area contributed by atoms with Crippen LogP contribution in [0, 0.1) is 5.92 Å². The van der Waals surface area contributed by atoms with E-state index in [1.807, 2.05) is 13.8 Å². The van der Waals surface area contributed by atoms with E-state index in [4.69, 9.17) is 9.47 Å². The molecule has 0 aromatic carbocycles. The standard InChI is InChI=1S/C16H32N2O3/c1-6-21-15(19)16(4,17-13(2)3)12-18-9-7-8-14(10-18)11-20-5/h13-14,17H,6-12H2,1-5H3. The molecule has 0 aliphatic carbocycles. The predicted octanol–water partition coefficient (Wildman–Crippen LogP) is 1.66. The van der Waals surface area contributed by atoms with E-state index in [-0.39, 0.29) is 12.0 Å². The maximum absolute atomic E-state index is 12.3. The Kier molecular flexibility index (Phi) is 7.63. The Labute approximate surface area is 129 Å². The van der Waals surface area contributed by atoms with Gasteiger partial charge in [-0.3, -0.25) is 10.1 Å². The van der Waals surface area contributed by atoms with Gasteiger partial charge < -0.3 is 14.4 Å². The number of piperidine rings is 1. The van der Waals surface area contributed by atoms with E-state index in [1.165, 1.54) is 6.42 Å². The van der Waals surface area contributed by atoms with E-state index in [9.17, 15) is 4.79 Å². The summed E-state index contributed by atoms with van der Waals surface area (Å²) >= 11 is 0. The van der Waals surface area contributed by atoms with Gasteiger partial charge in [0.2, 0.25) is 0 Å². The topological polar surface area (TPSA) is 50.8 Å². The highest BCUT2D eigenvalue weighted by molar-refractivity contribution is 5.80. The van der Waals surface area contributed by atoms with Gasteiger partial charge in [0.25, 0.3) is 0 Å². The van der Waals surface area contributed by atoms with Crippen LogP contribution in [0.25, 0.3) is 0 Å². The Morgan fingerprint density at radius 1 is 1.48 bits per heavy atom. The van der Waals surface area contributed by atoms with Crippen LogP contribution in [-0.4, -0.2) is 62.4 Å². The lowest BCUT2D eigenvalue weighted by Crippen LogP contribution is -2.60. The maximum Gasteiger partial charge on any atom is 0.327 e. The van der Waals surface area contributed by atoms with Crippen LogP contribution in [0.1, 0.15) is 40.5 Å². The number of likely N-dealkylation sites (tertiary alicyclic amines) is 1. The Morgan fingerprint density at radius 3 is 2.76 bits per heavy atom. The smallest absolute Gasteiger partial charge is 0.327 e. The lowest BCUT2D eigenvalue weighted by atomic mass is 9.95. The van der Waals surface area contributed by atoms with Gasteiger partial charge in [0.05, 0.1) is 13.2 Å². The van der Waals surface area contributed by atoms with Gasteiger partial charge in [-0.1, -0.05) is 0 Å². The van der Waals surface area contributed by atoms with Crippen molar-refractivity contribution < 1.29 is 14.3 Å². The summed E-state index contributed by atoms with van der Waals surface area (Å²) in [4.78, 5) is 14.7. The van der Waals surface area contributed by atoms with E-state index >= 15 is 0 Å². The summed E-state index contributed by atoms with van der Waals surface area (Å²) in [6.45, 7) is 11.8. The highest BCUT2D eigenvalue weighted by Crippen LogP contribution is 2.20. The SMILES string of the molecule is CCOC(=O)C(C)(CN1CCCC(COC)C1)NC(C)C. The molecule has 0 radical (unpaired) electrons. The normalized spacial score (nSPS) is 23.0. The summed E-state index contributed by atoms with van der Waals surface area (Å²) in [5, 5.41) is 3.39. The van der Waals surface area contributed by atoms with Crippen molar-refractivity contribution in [2.75, 3.05) is 40.0 Å². The molecule has 2 unspecified atom stereocenters. The maximum atomic E-state index is 12.3. The number of ether oxygens (including phenoxy) is 2. The summed E-state index contributed by atoms with van der Waals surface area (Å²) in [5.74, 6) is 0.404. The van der Waals surface area contributed by atoms with Gasteiger partial charge in [0.15, 0.2) is 0 Å². The number of carbonyl (C=O) groups is 1. The van der Waals surface area contributed by atoms with Crippen LogP contribution in [0.15, 0.2) is 0 Å². The van der Waals surface area contributed by atoms with E-state index in [2.05, 4.69) is 24.1 Å². The third-order valence-corrected chi connectivity index (χ3v) is 3.88. The van der Waals surface area contributed by atoms with E-state index in [0.717, 1.165) is 26.1 Å². The molecule has 0 saturated carbocycles. The fraction of sp³-hybridized carbons (Fsp3) is 0.938.